The van der Waals surface area contributed by atoms with Gasteiger partial charge < -0.3 is 14.7 Å². The molecule has 0 aromatic heterocycles. The summed E-state index contributed by atoms with van der Waals surface area (Å²) in [6.45, 7) is 4.59. The van der Waals surface area contributed by atoms with Crippen molar-refractivity contribution in [3.8, 4) is 0 Å². The quantitative estimate of drug-likeness (QED) is 0.396. The van der Waals surface area contributed by atoms with Gasteiger partial charge in [-0.25, -0.2) is 4.57 Å². The Balaban J connectivity index is 0. The Morgan fingerprint density at radius 2 is 1.29 bits per heavy atom. The zero-order chi connectivity index (χ0) is 11.4. The summed E-state index contributed by atoms with van der Waals surface area (Å²) in [5.41, 5.74) is 0. The molecule has 0 aliphatic rings. The van der Waals surface area contributed by atoms with Crippen molar-refractivity contribution in [2.24, 2.45) is 0 Å². The van der Waals surface area contributed by atoms with Crippen LogP contribution >= 0.6 is 7.82 Å². The van der Waals surface area contributed by atoms with Crippen molar-refractivity contribution in [3.63, 3.8) is 0 Å². The number of hydrogen-bond donors (Lipinski definition) is 3. The summed E-state index contributed by atoms with van der Waals surface area (Å²) in [6.07, 6.45) is 5.86. The predicted molar refractivity (Wildman–Crippen MR) is 53.7 cm³/mol. The molecular formula is C8H21O4PZn. The minimum absolute atomic E-state index is 0.0146. The molecule has 0 bridgehead atoms. The van der Waals surface area contributed by atoms with Gasteiger partial charge in [0.25, 0.3) is 0 Å². The summed E-state index contributed by atoms with van der Waals surface area (Å²) in [7, 11) is -4.64. The Bertz CT molecular complexity index is 134. The van der Waals surface area contributed by atoms with Gasteiger partial charge >= 0.3 is 74.5 Å². The average Bonchev–Trinajstić information content (AvgIpc) is 2.01. The molecule has 0 fully saturated rings. The summed E-state index contributed by atoms with van der Waals surface area (Å²) >= 11 is 0.0146. The van der Waals surface area contributed by atoms with E-state index < -0.39 is 7.82 Å². The first-order valence-corrected chi connectivity index (χ1v) is 11.0. The normalized spacial score (nSPS) is 10.1. The van der Waals surface area contributed by atoms with Crippen LogP contribution in [0.5, 0.6) is 0 Å². The molecule has 0 heterocycles. The van der Waals surface area contributed by atoms with Crippen LogP contribution in [0.2, 0.25) is 10.0 Å². The fraction of sp³-hybridized carbons (Fsp3) is 1.00. The van der Waals surface area contributed by atoms with Gasteiger partial charge in [0, 0.05) is 0 Å². The van der Waals surface area contributed by atoms with Crippen LogP contribution in [0.25, 0.3) is 0 Å². The van der Waals surface area contributed by atoms with Crippen LogP contribution in [0.15, 0.2) is 0 Å². The van der Waals surface area contributed by atoms with Crippen LogP contribution in [-0.2, 0) is 21.7 Å². The van der Waals surface area contributed by atoms with Crippen molar-refractivity contribution >= 4 is 7.82 Å². The van der Waals surface area contributed by atoms with E-state index in [0.717, 1.165) is 0 Å². The summed E-state index contributed by atoms with van der Waals surface area (Å²) in [6, 6.07) is 0. The standard InChI is InChI=1S/2C4H9.H3O4P.Zn/c2*1-3-4-2;1-5(2,3)4;/h2*1,3-4H2,2H3;(H3,1,2,3,4);. The average molecular weight is 278 g/mol. The summed E-state index contributed by atoms with van der Waals surface area (Å²) in [5, 5.41) is 3.28. The van der Waals surface area contributed by atoms with Gasteiger partial charge in [-0.1, -0.05) is 0 Å². The van der Waals surface area contributed by atoms with Crippen LogP contribution < -0.4 is 0 Å². The number of phosphoric acid groups is 1. The van der Waals surface area contributed by atoms with Crippen molar-refractivity contribution in [3.05, 3.63) is 0 Å². The van der Waals surface area contributed by atoms with Crippen LogP contribution in [0.4, 0.5) is 0 Å². The zero-order valence-corrected chi connectivity index (χ0v) is 13.0. The SMILES string of the molecule is CCC[CH2][Zn][CH2]CCC.O=P(O)(O)O. The van der Waals surface area contributed by atoms with Crippen molar-refractivity contribution in [2.75, 3.05) is 0 Å². The largest absolute Gasteiger partial charge is 0.466 e. The van der Waals surface area contributed by atoms with Gasteiger partial charge in [0.1, 0.15) is 0 Å². The molecule has 0 saturated heterocycles. The second-order valence-corrected chi connectivity index (χ2v) is 8.76. The molecule has 0 amide bonds. The van der Waals surface area contributed by atoms with Crippen LogP contribution in [0.3, 0.4) is 0 Å². The van der Waals surface area contributed by atoms with Gasteiger partial charge in [0.15, 0.2) is 0 Å². The maximum atomic E-state index is 8.88. The van der Waals surface area contributed by atoms with E-state index in [1.54, 1.807) is 10.0 Å². The topological polar surface area (TPSA) is 77.8 Å². The molecule has 0 rings (SSSR count). The van der Waals surface area contributed by atoms with E-state index in [-0.39, 0.29) is 17.1 Å². The molecule has 0 saturated carbocycles. The third-order valence-electron chi connectivity index (χ3n) is 1.71. The van der Waals surface area contributed by atoms with Crippen molar-refractivity contribution in [1.29, 1.82) is 0 Å². The Labute approximate surface area is 94.0 Å². The number of unbranched alkanes of at least 4 members (excludes halogenated alkanes) is 2. The van der Waals surface area contributed by atoms with Gasteiger partial charge in [0.05, 0.1) is 0 Å². The zero-order valence-electron chi connectivity index (χ0n) is 9.15. The van der Waals surface area contributed by atoms with Crippen LogP contribution in [0.1, 0.15) is 39.5 Å². The predicted octanol–water partition coefficient (Wildman–Crippen LogP) is 2.58. The fourth-order valence-corrected chi connectivity index (χ4v) is 5.35. The Morgan fingerprint density at radius 3 is 1.50 bits per heavy atom. The molecule has 84 valence electrons. The van der Waals surface area contributed by atoms with Gasteiger partial charge in [-0.05, 0) is 0 Å². The molecule has 0 spiro atoms. The fourth-order valence-electron chi connectivity index (χ4n) is 1.03. The molecule has 3 N–H and O–H groups in total. The molecule has 14 heavy (non-hydrogen) atoms. The molecule has 6 heteroatoms. The van der Waals surface area contributed by atoms with Crippen molar-refractivity contribution < 1.29 is 36.4 Å². The first-order chi connectivity index (χ1) is 6.41. The molecule has 0 unspecified atom stereocenters. The smallest absolute Gasteiger partial charge is 0.303 e. The Hall–Kier alpha value is 0.733. The van der Waals surface area contributed by atoms with E-state index in [9.17, 15) is 0 Å². The molecule has 0 aromatic carbocycles. The van der Waals surface area contributed by atoms with E-state index in [0.29, 0.717) is 0 Å². The molecule has 0 radical (unpaired) electrons. The maximum absolute atomic E-state index is 8.88. The Morgan fingerprint density at radius 1 is 1.00 bits per heavy atom. The van der Waals surface area contributed by atoms with Crippen LogP contribution in [0, 0.1) is 0 Å². The van der Waals surface area contributed by atoms with E-state index in [1.807, 2.05) is 0 Å². The van der Waals surface area contributed by atoms with E-state index in [1.165, 1.54) is 25.7 Å². The molecule has 0 aliphatic heterocycles. The summed E-state index contributed by atoms with van der Waals surface area (Å²) < 4.78 is 8.88. The Kier molecular flexibility index (Phi) is 14.5. The third kappa shape index (κ3) is 38.7. The number of hydrogen-bond acceptors (Lipinski definition) is 1. The van der Waals surface area contributed by atoms with Crippen molar-refractivity contribution in [2.45, 2.75) is 49.6 Å². The van der Waals surface area contributed by atoms with E-state index >= 15 is 0 Å². The monoisotopic (exact) mass is 276 g/mol. The van der Waals surface area contributed by atoms with Gasteiger partial charge in [-0.2, -0.15) is 0 Å². The van der Waals surface area contributed by atoms with E-state index in [2.05, 4.69) is 13.8 Å². The second kappa shape index (κ2) is 11.8. The first kappa shape index (κ1) is 17.1. The first-order valence-electron chi connectivity index (χ1n) is 5.20. The van der Waals surface area contributed by atoms with E-state index in [4.69, 9.17) is 19.2 Å². The maximum Gasteiger partial charge on any atom is 0.466 e. The summed E-state index contributed by atoms with van der Waals surface area (Å²) in [5.74, 6) is 0. The van der Waals surface area contributed by atoms with Gasteiger partial charge in [0.2, 0.25) is 0 Å². The minimum atomic E-state index is -4.64. The number of rotatable bonds is 6. The van der Waals surface area contributed by atoms with Crippen molar-refractivity contribution in [1.82, 2.24) is 0 Å². The molecule has 0 aliphatic carbocycles. The molecule has 4 nitrogen and oxygen atoms in total. The van der Waals surface area contributed by atoms with Crippen LogP contribution in [-0.4, -0.2) is 14.7 Å². The summed E-state index contributed by atoms with van der Waals surface area (Å²) in [4.78, 5) is 21.6. The molecule has 0 aromatic rings. The minimum Gasteiger partial charge on any atom is -0.303 e. The second-order valence-electron chi connectivity index (χ2n) is 3.28. The molecular weight excluding hydrogens is 256 g/mol. The third-order valence-corrected chi connectivity index (χ3v) is 5.90. The van der Waals surface area contributed by atoms with Gasteiger partial charge in [-0.15, -0.1) is 0 Å². The molecule has 0 atom stereocenters. The van der Waals surface area contributed by atoms with Gasteiger partial charge in [-0.3, -0.25) is 0 Å².